The van der Waals surface area contributed by atoms with Crippen molar-refractivity contribution in [3.8, 4) is 0 Å². The minimum atomic E-state index is -0.821. The van der Waals surface area contributed by atoms with Crippen molar-refractivity contribution in [2.24, 2.45) is 11.7 Å². The Morgan fingerprint density at radius 1 is 1.31 bits per heavy atom. The molecule has 0 aliphatic carbocycles. The van der Waals surface area contributed by atoms with E-state index in [0.29, 0.717) is 36.9 Å². The number of nitrogens with two attached hydrogens (primary N) is 1. The molecule has 2 heterocycles. The van der Waals surface area contributed by atoms with Gasteiger partial charge in [-0.2, -0.15) is 0 Å². The van der Waals surface area contributed by atoms with E-state index in [-0.39, 0.29) is 29.1 Å². The molecule has 138 valence electrons. The van der Waals surface area contributed by atoms with Crippen LogP contribution in [-0.2, 0) is 14.3 Å². The van der Waals surface area contributed by atoms with Crippen molar-refractivity contribution in [2.45, 2.75) is 19.8 Å². The number of benzene rings is 1. The Kier molecular flexibility index (Phi) is 4.92. The number of hydrogen-bond donors (Lipinski definition) is 1. The maximum absolute atomic E-state index is 13.7. The van der Waals surface area contributed by atoms with Gasteiger partial charge >= 0.3 is 5.97 Å². The van der Waals surface area contributed by atoms with Gasteiger partial charge in [0.25, 0.3) is 5.91 Å². The highest BCUT2D eigenvalue weighted by Gasteiger charge is 2.27. The van der Waals surface area contributed by atoms with Crippen LogP contribution < -0.4 is 5.73 Å². The third-order valence-corrected chi connectivity index (χ3v) is 4.68. The SMILES string of the molecule is Cc1c(C(=O)OCC(=O)N2CCC(C(N)=O)CC2)oc2c(F)cccc12. The smallest absolute Gasteiger partial charge is 0.375 e. The number of hydrogen-bond acceptors (Lipinski definition) is 5. The first-order chi connectivity index (χ1) is 12.4. The van der Waals surface area contributed by atoms with Gasteiger partial charge in [-0.1, -0.05) is 12.1 Å². The summed E-state index contributed by atoms with van der Waals surface area (Å²) in [5.41, 5.74) is 5.70. The summed E-state index contributed by atoms with van der Waals surface area (Å²) in [6.45, 7) is 1.95. The molecular weight excluding hydrogens is 343 g/mol. The number of nitrogens with zero attached hydrogens (tertiary/aromatic N) is 1. The summed E-state index contributed by atoms with van der Waals surface area (Å²) in [5.74, 6) is -2.46. The highest BCUT2D eigenvalue weighted by atomic mass is 19.1. The van der Waals surface area contributed by atoms with Crippen LogP contribution in [0.25, 0.3) is 11.0 Å². The van der Waals surface area contributed by atoms with Crippen molar-refractivity contribution < 1.29 is 27.9 Å². The molecule has 7 nitrogen and oxygen atoms in total. The highest BCUT2D eigenvalue weighted by Crippen LogP contribution is 2.27. The van der Waals surface area contributed by atoms with Gasteiger partial charge in [0.2, 0.25) is 11.7 Å². The van der Waals surface area contributed by atoms with Crippen molar-refractivity contribution >= 4 is 28.8 Å². The fraction of sp³-hybridized carbons (Fsp3) is 0.389. The predicted octanol–water partition coefficient (Wildman–Crippen LogP) is 1.76. The number of para-hydroxylation sites is 1. The van der Waals surface area contributed by atoms with Crippen molar-refractivity contribution in [3.05, 3.63) is 35.3 Å². The molecule has 2 N–H and O–H groups in total. The molecule has 0 radical (unpaired) electrons. The molecule has 2 amide bonds. The topological polar surface area (TPSA) is 103 Å². The number of rotatable bonds is 4. The van der Waals surface area contributed by atoms with Crippen LogP contribution in [0.3, 0.4) is 0 Å². The molecule has 0 atom stereocenters. The summed E-state index contributed by atoms with van der Waals surface area (Å²) >= 11 is 0. The summed E-state index contributed by atoms with van der Waals surface area (Å²) in [6, 6.07) is 4.40. The minimum Gasteiger partial charge on any atom is -0.450 e. The molecule has 3 rings (SSSR count). The van der Waals surface area contributed by atoms with Crippen molar-refractivity contribution in [1.29, 1.82) is 0 Å². The average Bonchev–Trinajstić information content (AvgIpc) is 2.98. The van der Waals surface area contributed by atoms with E-state index in [1.165, 1.54) is 17.0 Å². The lowest BCUT2D eigenvalue weighted by atomic mass is 9.96. The number of likely N-dealkylation sites (tertiary alicyclic amines) is 1. The van der Waals surface area contributed by atoms with Crippen molar-refractivity contribution in [2.75, 3.05) is 19.7 Å². The molecule has 1 aromatic heterocycles. The first kappa shape index (κ1) is 17.9. The summed E-state index contributed by atoms with van der Waals surface area (Å²) < 4.78 is 24.1. The molecule has 1 aliphatic heterocycles. The van der Waals surface area contributed by atoms with Gasteiger partial charge in [-0.3, -0.25) is 9.59 Å². The second kappa shape index (κ2) is 7.15. The standard InChI is InChI=1S/C18H19FN2O5/c1-10-12-3-2-4-13(19)16(12)26-15(10)18(24)25-9-14(22)21-7-5-11(6-8-21)17(20)23/h2-4,11H,5-9H2,1H3,(H2,20,23). The average molecular weight is 362 g/mol. The Bertz CT molecular complexity index is 868. The van der Waals surface area contributed by atoms with Crippen LogP contribution in [0.4, 0.5) is 4.39 Å². The number of ether oxygens (including phenoxy) is 1. The fourth-order valence-electron chi connectivity index (χ4n) is 3.10. The maximum Gasteiger partial charge on any atom is 0.375 e. The first-order valence-electron chi connectivity index (χ1n) is 8.30. The molecule has 0 spiro atoms. The van der Waals surface area contributed by atoms with E-state index >= 15 is 0 Å². The van der Waals surface area contributed by atoms with E-state index in [4.69, 9.17) is 14.9 Å². The molecule has 8 heteroatoms. The lowest BCUT2D eigenvalue weighted by Crippen LogP contribution is -2.43. The van der Waals surface area contributed by atoms with Gasteiger partial charge in [0.05, 0.1) is 0 Å². The van der Waals surface area contributed by atoms with Crippen LogP contribution in [0.1, 0.15) is 29.0 Å². The Labute approximate surface area is 148 Å². The van der Waals surface area contributed by atoms with Crippen LogP contribution in [0.15, 0.2) is 22.6 Å². The van der Waals surface area contributed by atoms with Crippen LogP contribution in [0, 0.1) is 18.7 Å². The Morgan fingerprint density at radius 3 is 2.62 bits per heavy atom. The number of carbonyl (C=O) groups is 3. The van der Waals surface area contributed by atoms with Crippen LogP contribution in [-0.4, -0.2) is 42.4 Å². The molecule has 0 unspecified atom stereocenters. The second-order valence-corrected chi connectivity index (χ2v) is 6.31. The number of halogens is 1. The van der Waals surface area contributed by atoms with Gasteiger partial charge in [-0.05, 0) is 25.8 Å². The van der Waals surface area contributed by atoms with E-state index in [1.807, 2.05) is 0 Å². The summed E-state index contributed by atoms with van der Waals surface area (Å²) in [7, 11) is 0. The normalized spacial score (nSPS) is 15.2. The lowest BCUT2D eigenvalue weighted by molar-refractivity contribution is -0.137. The number of amides is 2. The van der Waals surface area contributed by atoms with Crippen molar-refractivity contribution in [1.82, 2.24) is 4.90 Å². The summed E-state index contributed by atoms with van der Waals surface area (Å²) in [6.07, 6.45) is 0.994. The molecular formula is C18H19FN2O5. The van der Waals surface area contributed by atoms with Crippen LogP contribution >= 0.6 is 0 Å². The van der Waals surface area contributed by atoms with E-state index < -0.39 is 18.4 Å². The third kappa shape index (κ3) is 3.40. The zero-order valence-electron chi connectivity index (χ0n) is 14.3. The lowest BCUT2D eigenvalue weighted by Gasteiger charge is -2.30. The number of carbonyl (C=O) groups excluding carboxylic acids is 3. The molecule has 0 bridgehead atoms. The van der Waals surface area contributed by atoms with Crippen molar-refractivity contribution in [3.63, 3.8) is 0 Å². The second-order valence-electron chi connectivity index (χ2n) is 6.31. The van der Waals surface area contributed by atoms with Gasteiger partial charge < -0.3 is 19.8 Å². The number of fused-ring (bicyclic) bond motifs is 1. The van der Waals surface area contributed by atoms with Gasteiger partial charge in [-0.15, -0.1) is 0 Å². The molecule has 2 aromatic rings. The molecule has 1 aliphatic rings. The van der Waals surface area contributed by atoms with Gasteiger partial charge in [0.1, 0.15) is 0 Å². The van der Waals surface area contributed by atoms with E-state index in [9.17, 15) is 18.8 Å². The van der Waals surface area contributed by atoms with Gasteiger partial charge in [0.15, 0.2) is 18.0 Å². The van der Waals surface area contributed by atoms with E-state index in [0.717, 1.165) is 0 Å². The Morgan fingerprint density at radius 2 is 2.00 bits per heavy atom. The number of primary amides is 1. The van der Waals surface area contributed by atoms with Crippen LogP contribution in [0.5, 0.6) is 0 Å². The summed E-state index contributed by atoms with van der Waals surface area (Å²) in [5, 5.41) is 0.483. The van der Waals surface area contributed by atoms with Gasteiger partial charge in [0, 0.05) is 30.0 Å². The fourth-order valence-corrected chi connectivity index (χ4v) is 3.10. The molecule has 1 saturated heterocycles. The number of furan rings is 1. The molecule has 26 heavy (non-hydrogen) atoms. The Balaban J connectivity index is 1.61. The monoisotopic (exact) mass is 362 g/mol. The summed E-state index contributed by atoms with van der Waals surface area (Å²) in [4.78, 5) is 37.0. The number of aryl methyl sites for hydroxylation is 1. The minimum absolute atomic E-state index is 0.0169. The molecule has 1 fully saturated rings. The Hall–Kier alpha value is -2.90. The molecule has 1 aromatic carbocycles. The quantitative estimate of drug-likeness (QED) is 0.835. The zero-order valence-corrected chi connectivity index (χ0v) is 14.3. The van der Waals surface area contributed by atoms with E-state index in [2.05, 4.69) is 0 Å². The zero-order chi connectivity index (χ0) is 18.8. The van der Waals surface area contributed by atoms with E-state index in [1.54, 1.807) is 13.0 Å². The highest BCUT2D eigenvalue weighted by molar-refractivity contribution is 5.96. The third-order valence-electron chi connectivity index (χ3n) is 4.68. The predicted molar refractivity (Wildman–Crippen MR) is 89.7 cm³/mol. The number of esters is 1. The largest absolute Gasteiger partial charge is 0.450 e. The number of piperidine rings is 1. The van der Waals surface area contributed by atoms with Crippen LogP contribution in [0.2, 0.25) is 0 Å². The maximum atomic E-state index is 13.7. The van der Waals surface area contributed by atoms with Gasteiger partial charge in [-0.25, -0.2) is 9.18 Å². The molecule has 0 saturated carbocycles. The first-order valence-corrected chi connectivity index (χ1v) is 8.30.